The first-order chi connectivity index (χ1) is 15.3. The number of nitrogens with zero attached hydrogens (tertiary/aromatic N) is 1. The van der Waals surface area contributed by atoms with Gasteiger partial charge in [0.05, 0.1) is 10.6 Å². The maximum absolute atomic E-state index is 12.2. The number of benzene rings is 2. The number of carbonyl (C=O) groups excluding carboxylic acids is 3. The monoisotopic (exact) mass is 450 g/mol. The molecule has 2 aromatic carbocycles. The molecule has 3 rings (SSSR count). The van der Waals surface area contributed by atoms with Gasteiger partial charge < -0.3 is 5.32 Å². The molecule has 0 atom stereocenters. The average molecular weight is 450 g/mol. The molecule has 0 aliphatic rings. The Kier molecular flexibility index (Phi) is 7.21. The van der Waals surface area contributed by atoms with Gasteiger partial charge in [-0.15, -0.1) is 4.83 Å². The highest BCUT2D eigenvalue weighted by atomic mass is 32.2. The number of hydrazine groups is 1. The number of allylic oxidation sites excluding steroid dienone is 1. The summed E-state index contributed by atoms with van der Waals surface area (Å²) in [5.41, 5.74) is 3.10. The Hall–Kier alpha value is -4.15. The molecule has 3 aromatic rings. The zero-order valence-electron chi connectivity index (χ0n) is 16.6. The van der Waals surface area contributed by atoms with Gasteiger partial charge in [-0.3, -0.25) is 24.8 Å². The quantitative estimate of drug-likeness (QED) is 0.218. The number of nitrogens with one attached hydrogen (secondary N) is 3. The van der Waals surface area contributed by atoms with Crippen LogP contribution in [0, 0.1) is 0 Å². The average Bonchev–Trinajstić information content (AvgIpc) is 2.82. The van der Waals surface area contributed by atoms with Crippen LogP contribution in [0.15, 0.2) is 90.0 Å². The van der Waals surface area contributed by atoms with Crippen LogP contribution in [0.2, 0.25) is 0 Å². The Bertz CT molecular complexity index is 1240. The van der Waals surface area contributed by atoms with Gasteiger partial charge in [0, 0.05) is 17.4 Å². The van der Waals surface area contributed by atoms with E-state index in [0.29, 0.717) is 11.3 Å². The zero-order chi connectivity index (χ0) is 23.0. The van der Waals surface area contributed by atoms with Gasteiger partial charge in [0.2, 0.25) is 0 Å². The molecule has 3 N–H and O–H groups in total. The number of carbonyl (C=O) groups is 3. The van der Waals surface area contributed by atoms with Crippen molar-refractivity contribution in [1.29, 1.82) is 0 Å². The van der Waals surface area contributed by atoms with Crippen LogP contribution in [0.1, 0.15) is 16.1 Å². The summed E-state index contributed by atoms with van der Waals surface area (Å²) >= 11 is 0. The molecule has 0 saturated heterocycles. The largest absolute Gasteiger partial charge is 0.324 e. The number of aromatic nitrogens is 1. The Balaban J connectivity index is 1.54. The van der Waals surface area contributed by atoms with Gasteiger partial charge in [-0.1, -0.05) is 24.3 Å². The molecule has 0 aliphatic heterocycles. The molecule has 0 aliphatic carbocycles. The van der Waals surface area contributed by atoms with Crippen molar-refractivity contribution < 1.29 is 22.8 Å². The van der Waals surface area contributed by atoms with Crippen LogP contribution in [-0.4, -0.2) is 31.0 Å². The summed E-state index contributed by atoms with van der Waals surface area (Å²) in [6.07, 6.45) is 4.57. The number of amides is 2. The maximum Gasteiger partial charge on any atom is 0.324 e. The van der Waals surface area contributed by atoms with E-state index in [1.807, 2.05) is 10.3 Å². The standard InChI is InChI=1S/C22H18N4O5S/c27-20(14-13-17-6-4-5-15-23-17)16-9-11-18(12-10-16)24-21(28)22(29)25-26-32(30,31)19-7-2-1-3-8-19/h1-15,26H,(H,24,28)(H,25,29)/b14-13+. The lowest BCUT2D eigenvalue weighted by Crippen LogP contribution is -2.46. The van der Waals surface area contributed by atoms with Crippen LogP contribution in [0.3, 0.4) is 0 Å². The predicted octanol–water partition coefficient (Wildman–Crippen LogP) is 1.93. The van der Waals surface area contributed by atoms with Gasteiger partial charge >= 0.3 is 11.8 Å². The van der Waals surface area contributed by atoms with Crippen LogP contribution in [0.4, 0.5) is 5.69 Å². The van der Waals surface area contributed by atoms with Crippen molar-refractivity contribution >= 4 is 39.4 Å². The van der Waals surface area contributed by atoms with E-state index < -0.39 is 21.8 Å². The molecule has 32 heavy (non-hydrogen) atoms. The molecule has 2 amide bonds. The van der Waals surface area contributed by atoms with Crippen LogP contribution in [-0.2, 0) is 19.6 Å². The lowest BCUT2D eigenvalue weighted by Gasteiger charge is -2.09. The van der Waals surface area contributed by atoms with Crippen LogP contribution in [0.5, 0.6) is 0 Å². The summed E-state index contributed by atoms with van der Waals surface area (Å²) in [5, 5.41) is 2.32. The molecule has 0 radical (unpaired) electrons. The maximum atomic E-state index is 12.2. The lowest BCUT2D eigenvalue weighted by atomic mass is 10.1. The van der Waals surface area contributed by atoms with Gasteiger partial charge in [-0.2, -0.15) is 0 Å². The molecule has 1 heterocycles. The van der Waals surface area contributed by atoms with E-state index in [1.54, 1.807) is 36.5 Å². The highest BCUT2D eigenvalue weighted by Crippen LogP contribution is 2.11. The number of anilines is 1. The summed E-state index contributed by atoms with van der Waals surface area (Å²) in [7, 11) is -4.01. The van der Waals surface area contributed by atoms with E-state index in [1.165, 1.54) is 54.6 Å². The Morgan fingerprint density at radius 1 is 0.812 bits per heavy atom. The van der Waals surface area contributed by atoms with E-state index in [4.69, 9.17) is 0 Å². The topological polar surface area (TPSA) is 134 Å². The van der Waals surface area contributed by atoms with E-state index in [0.717, 1.165) is 0 Å². The third-order valence-electron chi connectivity index (χ3n) is 4.08. The first-order valence-corrected chi connectivity index (χ1v) is 10.8. The number of hydrogen-bond acceptors (Lipinski definition) is 6. The fourth-order valence-corrected chi connectivity index (χ4v) is 3.33. The van der Waals surface area contributed by atoms with Crippen LogP contribution >= 0.6 is 0 Å². The van der Waals surface area contributed by atoms with Crippen molar-refractivity contribution in [1.82, 2.24) is 15.2 Å². The zero-order valence-corrected chi connectivity index (χ0v) is 17.4. The number of pyridine rings is 1. The molecule has 1 aromatic heterocycles. The summed E-state index contributed by atoms with van der Waals surface area (Å²) < 4.78 is 24.1. The van der Waals surface area contributed by atoms with E-state index in [-0.39, 0.29) is 16.4 Å². The van der Waals surface area contributed by atoms with Crippen LogP contribution in [0.25, 0.3) is 6.08 Å². The van der Waals surface area contributed by atoms with Gasteiger partial charge in [0.25, 0.3) is 10.0 Å². The molecule has 162 valence electrons. The first kappa shape index (κ1) is 22.5. The molecule has 0 bridgehead atoms. The van der Waals surface area contributed by atoms with Gasteiger partial charge in [0.15, 0.2) is 5.78 Å². The molecule has 0 saturated carbocycles. The fraction of sp³-hybridized carbons (Fsp3) is 0. The number of rotatable bonds is 7. The summed E-state index contributed by atoms with van der Waals surface area (Å²) in [4.78, 5) is 42.0. The lowest BCUT2D eigenvalue weighted by molar-refractivity contribution is -0.136. The molecular formula is C22H18N4O5S. The van der Waals surface area contributed by atoms with Crippen molar-refractivity contribution in [2.45, 2.75) is 4.90 Å². The highest BCUT2D eigenvalue weighted by Gasteiger charge is 2.18. The van der Waals surface area contributed by atoms with Crippen molar-refractivity contribution in [2.75, 3.05) is 5.32 Å². The summed E-state index contributed by atoms with van der Waals surface area (Å²) in [6, 6.07) is 18.5. The molecule has 0 fully saturated rings. The Labute approximate surface area is 184 Å². The fourth-order valence-electron chi connectivity index (χ4n) is 2.47. The molecule has 9 nitrogen and oxygen atoms in total. The number of sulfonamides is 1. The smallest absolute Gasteiger partial charge is 0.318 e. The van der Waals surface area contributed by atoms with Crippen LogP contribution < -0.4 is 15.6 Å². The normalized spacial score (nSPS) is 11.1. The minimum atomic E-state index is -4.01. The number of ketones is 1. The second kappa shape index (κ2) is 10.2. The third kappa shape index (κ3) is 6.17. The predicted molar refractivity (Wildman–Crippen MR) is 118 cm³/mol. The second-order valence-corrected chi connectivity index (χ2v) is 8.04. The van der Waals surface area contributed by atoms with Crippen molar-refractivity contribution in [2.24, 2.45) is 0 Å². The van der Waals surface area contributed by atoms with Gasteiger partial charge in [-0.05, 0) is 60.7 Å². The Morgan fingerprint density at radius 2 is 1.50 bits per heavy atom. The minimum absolute atomic E-state index is 0.0712. The number of hydrogen-bond donors (Lipinski definition) is 3. The molecular weight excluding hydrogens is 432 g/mol. The summed E-state index contributed by atoms with van der Waals surface area (Å²) in [5.74, 6) is -2.56. The first-order valence-electron chi connectivity index (χ1n) is 9.27. The second-order valence-electron chi connectivity index (χ2n) is 6.36. The van der Waals surface area contributed by atoms with E-state index in [2.05, 4.69) is 10.3 Å². The van der Waals surface area contributed by atoms with Gasteiger partial charge in [0.1, 0.15) is 0 Å². The van der Waals surface area contributed by atoms with Crippen molar-refractivity contribution in [3.05, 3.63) is 96.3 Å². The molecule has 0 spiro atoms. The van der Waals surface area contributed by atoms with E-state index in [9.17, 15) is 22.8 Å². The molecule has 10 heteroatoms. The minimum Gasteiger partial charge on any atom is -0.318 e. The third-order valence-corrected chi connectivity index (χ3v) is 5.34. The SMILES string of the molecule is O=C(NNS(=O)(=O)c1ccccc1)C(=O)Nc1ccc(C(=O)/C=C/c2ccccn2)cc1. The van der Waals surface area contributed by atoms with Crippen molar-refractivity contribution in [3.8, 4) is 0 Å². The highest BCUT2D eigenvalue weighted by molar-refractivity contribution is 7.89. The van der Waals surface area contributed by atoms with Gasteiger partial charge in [-0.25, -0.2) is 8.42 Å². The van der Waals surface area contributed by atoms with Crippen molar-refractivity contribution in [3.63, 3.8) is 0 Å². The van der Waals surface area contributed by atoms with E-state index >= 15 is 0 Å². The Morgan fingerprint density at radius 3 is 2.16 bits per heavy atom. The molecule has 0 unspecified atom stereocenters. The summed E-state index contributed by atoms with van der Waals surface area (Å²) in [6.45, 7) is 0.